The van der Waals surface area contributed by atoms with Crippen LogP contribution in [0.5, 0.6) is 5.88 Å². The van der Waals surface area contributed by atoms with Gasteiger partial charge in [0.2, 0.25) is 5.88 Å². The molecule has 2 aromatic rings. The lowest BCUT2D eigenvalue weighted by Crippen LogP contribution is -2.21. The van der Waals surface area contributed by atoms with E-state index in [1.165, 1.54) is 4.90 Å². The molecule has 0 aliphatic carbocycles. The molecule has 0 saturated carbocycles. The molecule has 2 aromatic heterocycles. The number of hydrogen-bond acceptors (Lipinski definition) is 6. The summed E-state index contributed by atoms with van der Waals surface area (Å²) < 4.78 is 7.12. The molecule has 0 fully saturated rings. The lowest BCUT2D eigenvalue weighted by molar-refractivity contribution is 0.0831. The molecule has 0 saturated heterocycles. The number of rotatable bonds is 3. The minimum atomic E-state index is -0.367. The molecule has 3 rings (SSSR count). The number of carbonyl (C=O) groups excluding carboxylic acids is 2. The lowest BCUT2D eigenvalue weighted by atomic mass is 10.3. The molecule has 23 heavy (non-hydrogen) atoms. The van der Waals surface area contributed by atoms with E-state index in [4.69, 9.17) is 4.74 Å². The summed E-state index contributed by atoms with van der Waals surface area (Å²) >= 11 is 1.15. The molecule has 0 radical (unpaired) electrons. The van der Waals surface area contributed by atoms with E-state index in [9.17, 15) is 9.59 Å². The zero-order valence-electron chi connectivity index (χ0n) is 13.1. The minimum Gasteiger partial charge on any atom is -0.478 e. The van der Waals surface area contributed by atoms with Crippen molar-refractivity contribution in [2.24, 2.45) is 0 Å². The Morgan fingerprint density at radius 1 is 1.43 bits per heavy atom. The molecule has 3 heterocycles. The zero-order valence-corrected chi connectivity index (χ0v) is 13.9. The van der Waals surface area contributed by atoms with Crippen LogP contribution in [0, 0.1) is 6.92 Å². The third kappa shape index (κ3) is 3.04. The summed E-state index contributed by atoms with van der Waals surface area (Å²) in [5.74, 6) is 0.0969. The SMILES string of the molecule is Cc1nc(NC(=O)c2cc3n(n2)CCCO3)sc1C(=O)N(C)C. The summed E-state index contributed by atoms with van der Waals surface area (Å²) in [5, 5.41) is 7.29. The first-order valence-corrected chi connectivity index (χ1v) is 7.98. The van der Waals surface area contributed by atoms with Crippen molar-refractivity contribution in [3.05, 3.63) is 22.3 Å². The maximum atomic E-state index is 12.3. The number of hydrogen-bond donors (Lipinski definition) is 1. The van der Waals surface area contributed by atoms with Crippen LogP contribution < -0.4 is 10.1 Å². The molecule has 8 nitrogen and oxygen atoms in total. The quantitative estimate of drug-likeness (QED) is 0.915. The Kier molecular flexibility index (Phi) is 4.03. The first-order valence-electron chi connectivity index (χ1n) is 7.17. The Labute approximate surface area is 137 Å². The maximum Gasteiger partial charge on any atom is 0.278 e. The molecular weight excluding hydrogens is 318 g/mol. The highest BCUT2D eigenvalue weighted by Gasteiger charge is 2.21. The summed E-state index contributed by atoms with van der Waals surface area (Å²) in [5.41, 5.74) is 0.867. The number of aromatic nitrogens is 3. The molecule has 0 spiro atoms. The number of nitrogens with zero attached hydrogens (tertiary/aromatic N) is 4. The van der Waals surface area contributed by atoms with Crippen LogP contribution in [0.3, 0.4) is 0 Å². The smallest absolute Gasteiger partial charge is 0.278 e. The van der Waals surface area contributed by atoms with Gasteiger partial charge in [0.1, 0.15) is 4.88 Å². The Hall–Kier alpha value is -2.42. The largest absolute Gasteiger partial charge is 0.478 e. The van der Waals surface area contributed by atoms with Gasteiger partial charge >= 0.3 is 0 Å². The van der Waals surface area contributed by atoms with Crippen LogP contribution in [0.2, 0.25) is 0 Å². The second-order valence-corrected chi connectivity index (χ2v) is 6.38. The van der Waals surface area contributed by atoms with Crippen LogP contribution in [0.15, 0.2) is 6.07 Å². The molecule has 0 aromatic carbocycles. The highest BCUT2D eigenvalue weighted by atomic mass is 32.1. The van der Waals surface area contributed by atoms with E-state index in [2.05, 4.69) is 15.4 Å². The van der Waals surface area contributed by atoms with Gasteiger partial charge in [0.15, 0.2) is 10.8 Å². The van der Waals surface area contributed by atoms with Gasteiger partial charge in [-0.1, -0.05) is 11.3 Å². The van der Waals surface area contributed by atoms with Crippen molar-refractivity contribution >= 4 is 28.3 Å². The molecule has 122 valence electrons. The predicted octanol–water partition coefficient (Wildman–Crippen LogP) is 1.38. The maximum absolute atomic E-state index is 12.3. The number of fused-ring (bicyclic) bond motifs is 1. The number of amides is 2. The first kappa shape index (κ1) is 15.5. The van der Waals surface area contributed by atoms with E-state index >= 15 is 0 Å². The van der Waals surface area contributed by atoms with E-state index < -0.39 is 0 Å². The van der Waals surface area contributed by atoms with Crippen molar-refractivity contribution < 1.29 is 14.3 Å². The van der Waals surface area contributed by atoms with Gasteiger partial charge in [-0.15, -0.1) is 0 Å². The van der Waals surface area contributed by atoms with E-state index in [1.54, 1.807) is 31.8 Å². The van der Waals surface area contributed by atoms with Gasteiger partial charge in [-0.3, -0.25) is 14.9 Å². The van der Waals surface area contributed by atoms with Crippen LogP contribution in [-0.2, 0) is 6.54 Å². The average molecular weight is 335 g/mol. The summed E-state index contributed by atoms with van der Waals surface area (Å²) in [6.07, 6.45) is 0.872. The molecule has 0 unspecified atom stereocenters. The Morgan fingerprint density at radius 2 is 2.22 bits per heavy atom. The topological polar surface area (TPSA) is 89.4 Å². The molecule has 0 atom stereocenters. The minimum absolute atomic E-state index is 0.133. The van der Waals surface area contributed by atoms with Crippen LogP contribution in [0.25, 0.3) is 0 Å². The Morgan fingerprint density at radius 3 is 2.91 bits per heavy atom. The Balaban J connectivity index is 1.77. The van der Waals surface area contributed by atoms with Crippen molar-refractivity contribution in [2.45, 2.75) is 19.9 Å². The van der Waals surface area contributed by atoms with Crippen LogP contribution in [0.1, 0.15) is 32.3 Å². The molecule has 2 amide bonds. The number of carbonyl (C=O) groups is 2. The summed E-state index contributed by atoms with van der Waals surface area (Å²) in [6.45, 7) is 3.11. The van der Waals surface area contributed by atoms with Crippen LogP contribution in [0.4, 0.5) is 5.13 Å². The fourth-order valence-electron chi connectivity index (χ4n) is 2.19. The van der Waals surface area contributed by atoms with Crippen molar-refractivity contribution in [1.82, 2.24) is 19.7 Å². The molecule has 0 bridgehead atoms. The van der Waals surface area contributed by atoms with Gasteiger partial charge in [0, 0.05) is 33.1 Å². The number of ether oxygens (including phenoxy) is 1. The van der Waals surface area contributed by atoms with E-state index in [0.29, 0.717) is 28.2 Å². The third-order valence-electron chi connectivity index (χ3n) is 3.36. The second-order valence-electron chi connectivity index (χ2n) is 5.38. The third-order valence-corrected chi connectivity index (χ3v) is 4.42. The number of aryl methyl sites for hydroxylation is 2. The van der Waals surface area contributed by atoms with Gasteiger partial charge in [-0.2, -0.15) is 5.10 Å². The van der Waals surface area contributed by atoms with Gasteiger partial charge in [0.25, 0.3) is 11.8 Å². The van der Waals surface area contributed by atoms with E-state index in [1.807, 2.05) is 0 Å². The fourth-order valence-corrected chi connectivity index (χ4v) is 3.17. The molecule has 9 heteroatoms. The summed E-state index contributed by atoms with van der Waals surface area (Å²) in [7, 11) is 3.35. The lowest BCUT2D eigenvalue weighted by Gasteiger charge is -2.13. The normalized spacial score (nSPS) is 13.2. The highest BCUT2D eigenvalue weighted by molar-refractivity contribution is 7.17. The van der Waals surface area contributed by atoms with Crippen molar-refractivity contribution in [1.29, 1.82) is 0 Å². The summed E-state index contributed by atoms with van der Waals surface area (Å²) in [6, 6.07) is 1.61. The zero-order chi connectivity index (χ0) is 16.6. The van der Waals surface area contributed by atoms with Crippen LogP contribution >= 0.6 is 11.3 Å². The monoisotopic (exact) mass is 335 g/mol. The standard InChI is InChI=1S/C14H17N5O3S/c1-8-11(13(21)18(2)3)23-14(15-8)16-12(20)9-7-10-19(17-9)5-4-6-22-10/h7H,4-6H2,1-3H3,(H,15,16,20). The average Bonchev–Trinajstić information content (AvgIpc) is 3.09. The highest BCUT2D eigenvalue weighted by Crippen LogP contribution is 2.25. The van der Waals surface area contributed by atoms with Crippen molar-refractivity contribution in [3.63, 3.8) is 0 Å². The van der Waals surface area contributed by atoms with Crippen molar-refractivity contribution in [3.8, 4) is 5.88 Å². The molecular formula is C14H17N5O3S. The first-order chi connectivity index (χ1) is 11.0. The van der Waals surface area contributed by atoms with Gasteiger partial charge in [-0.25, -0.2) is 9.67 Å². The van der Waals surface area contributed by atoms with Gasteiger partial charge < -0.3 is 9.64 Å². The number of nitrogens with one attached hydrogen (secondary N) is 1. The number of anilines is 1. The summed E-state index contributed by atoms with van der Waals surface area (Å²) in [4.78, 5) is 30.5. The number of thiazole rings is 1. The van der Waals surface area contributed by atoms with Gasteiger partial charge in [-0.05, 0) is 6.92 Å². The van der Waals surface area contributed by atoms with E-state index in [0.717, 1.165) is 24.3 Å². The second kappa shape index (κ2) is 5.99. The van der Waals surface area contributed by atoms with E-state index in [-0.39, 0.29) is 17.5 Å². The van der Waals surface area contributed by atoms with Crippen LogP contribution in [-0.4, -0.2) is 52.2 Å². The van der Waals surface area contributed by atoms with Gasteiger partial charge in [0.05, 0.1) is 12.3 Å². The molecule has 1 N–H and O–H groups in total. The molecule has 1 aliphatic rings. The molecule has 1 aliphatic heterocycles. The van der Waals surface area contributed by atoms with Crippen molar-refractivity contribution in [2.75, 3.05) is 26.0 Å². The fraction of sp³-hybridized carbons (Fsp3) is 0.429. The Bertz CT molecular complexity index is 741. The predicted molar refractivity (Wildman–Crippen MR) is 85.2 cm³/mol.